The second-order valence-corrected chi connectivity index (χ2v) is 5.44. The molecule has 3 N–H and O–H groups in total. The first-order chi connectivity index (χ1) is 9.15. The number of nitrogens with two attached hydrogens (primary N) is 1. The molecule has 0 bridgehead atoms. The van der Waals surface area contributed by atoms with Crippen molar-refractivity contribution >= 4 is 11.6 Å². The van der Waals surface area contributed by atoms with Crippen LogP contribution in [0.2, 0.25) is 0 Å². The van der Waals surface area contributed by atoms with Crippen molar-refractivity contribution in [1.82, 2.24) is 4.90 Å². The molecule has 2 unspecified atom stereocenters. The SMILES string of the molecule is CC1CCCCC1N(C)C(=O)c1ccccc1NN. The molecule has 0 spiro atoms. The molecule has 0 heterocycles. The lowest BCUT2D eigenvalue weighted by molar-refractivity contribution is 0.0630. The zero-order valence-electron chi connectivity index (χ0n) is 11.7. The van der Waals surface area contributed by atoms with Crippen molar-refractivity contribution in [2.45, 2.75) is 38.6 Å². The van der Waals surface area contributed by atoms with Gasteiger partial charge in [-0.3, -0.25) is 10.6 Å². The molecular weight excluding hydrogens is 238 g/mol. The van der Waals surface area contributed by atoms with Gasteiger partial charge in [0.2, 0.25) is 0 Å². The van der Waals surface area contributed by atoms with Gasteiger partial charge in [-0.25, -0.2) is 0 Å². The first kappa shape index (κ1) is 13.9. The molecule has 0 radical (unpaired) electrons. The van der Waals surface area contributed by atoms with Crippen LogP contribution in [0, 0.1) is 5.92 Å². The maximum Gasteiger partial charge on any atom is 0.256 e. The van der Waals surface area contributed by atoms with Gasteiger partial charge in [0.05, 0.1) is 11.3 Å². The zero-order chi connectivity index (χ0) is 13.8. The summed E-state index contributed by atoms with van der Waals surface area (Å²) in [5.74, 6) is 6.09. The zero-order valence-corrected chi connectivity index (χ0v) is 11.7. The molecule has 19 heavy (non-hydrogen) atoms. The standard InChI is InChI=1S/C15H23N3O/c1-11-7-3-6-10-14(11)18(2)15(19)12-8-4-5-9-13(12)17-16/h4-5,8-9,11,14,17H,3,6-7,10,16H2,1-2H3. The maximum absolute atomic E-state index is 12.6. The highest BCUT2D eigenvalue weighted by Crippen LogP contribution is 2.29. The van der Waals surface area contributed by atoms with Crippen LogP contribution in [0.5, 0.6) is 0 Å². The van der Waals surface area contributed by atoms with E-state index in [9.17, 15) is 4.79 Å². The highest BCUT2D eigenvalue weighted by atomic mass is 16.2. The summed E-state index contributed by atoms with van der Waals surface area (Å²) in [5, 5.41) is 0. The molecule has 2 rings (SSSR count). The third-order valence-electron chi connectivity index (χ3n) is 4.20. The molecule has 2 atom stereocenters. The number of amides is 1. The van der Waals surface area contributed by atoms with Gasteiger partial charge in [-0.2, -0.15) is 0 Å². The average molecular weight is 261 g/mol. The van der Waals surface area contributed by atoms with Gasteiger partial charge in [-0.15, -0.1) is 0 Å². The number of nitrogen functional groups attached to an aromatic ring is 1. The molecule has 1 amide bonds. The van der Waals surface area contributed by atoms with Crippen molar-refractivity contribution in [1.29, 1.82) is 0 Å². The fourth-order valence-corrected chi connectivity index (χ4v) is 3.01. The highest BCUT2D eigenvalue weighted by Gasteiger charge is 2.29. The van der Waals surface area contributed by atoms with E-state index in [1.807, 2.05) is 36.2 Å². The van der Waals surface area contributed by atoms with Crippen LogP contribution in [0.1, 0.15) is 43.0 Å². The van der Waals surface area contributed by atoms with E-state index in [0.717, 1.165) is 6.42 Å². The van der Waals surface area contributed by atoms with Crippen molar-refractivity contribution in [3.8, 4) is 0 Å². The Labute approximate surface area is 114 Å². The topological polar surface area (TPSA) is 58.4 Å². The fraction of sp³-hybridized carbons (Fsp3) is 0.533. The van der Waals surface area contributed by atoms with E-state index in [2.05, 4.69) is 12.3 Å². The van der Waals surface area contributed by atoms with Gasteiger partial charge in [0.1, 0.15) is 0 Å². The normalized spacial score (nSPS) is 22.9. The van der Waals surface area contributed by atoms with E-state index < -0.39 is 0 Å². The molecule has 1 saturated carbocycles. The van der Waals surface area contributed by atoms with E-state index >= 15 is 0 Å². The van der Waals surface area contributed by atoms with Crippen LogP contribution in [-0.2, 0) is 0 Å². The van der Waals surface area contributed by atoms with Gasteiger partial charge in [0.15, 0.2) is 0 Å². The smallest absolute Gasteiger partial charge is 0.256 e. The summed E-state index contributed by atoms with van der Waals surface area (Å²) in [4.78, 5) is 14.5. The predicted octanol–water partition coefficient (Wildman–Crippen LogP) is 2.62. The Morgan fingerprint density at radius 1 is 1.32 bits per heavy atom. The van der Waals surface area contributed by atoms with E-state index in [4.69, 9.17) is 5.84 Å². The van der Waals surface area contributed by atoms with Gasteiger partial charge in [0.25, 0.3) is 5.91 Å². The van der Waals surface area contributed by atoms with Gasteiger partial charge in [-0.05, 0) is 30.9 Å². The Kier molecular flexibility index (Phi) is 4.43. The highest BCUT2D eigenvalue weighted by molar-refractivity contribution is 5.99. The van der Waals surface area contributed by atoms with Crippen LogP contribution in [0.3, 0.4) is 0 Å². The lowest BCUT2D eigenvalue weighted by Crippen LogP contribution is -2.42. The summed E-state index contributed by atoms with van der Waals surface area (Å²) in [5.41, 5.74) is 3.92. The minimum absolute atomic E-state index is 0.0484. The fourth-order valence-electron chi connectivity index (χ4n) is 3.01. The molecule has 1 aromatic rings. The first-order valence-electron chi connectivity index (χ1n) is 6.98. The molecule has 0 saturated heterocycles. The molecule has 0 aliphatic heterocycles. The summed E-state index contributed by atoms with van der Waals surface area (Å²) in [7, 11) is 1.90. The second-order valence-electron chi connectivity index (χ2n) is 5.44. The number of benzene rings is 1. The monoisotopic (exact) mass is 261 g/mol. The summed E-state index contributed by atoms with van der Waals surface area (Å²) in [6, 6.07) is 7.72. The Balaban J connectivity index is 2.18. The van der Waals surface area contributed by atoms with Gasteiger partial charge < -0.3 is 10.3 Å². The van der Waals surface area contributed by atoms with Crippen LogP contribution in [0.15, 0.2) is 24.3 Å². The number of anilines is 1. The van der Waals surface area contributed by atoms with Crippen molar-refractivity contribution in [2.75, 3.05) is 12.5 Å². The Morgan fingerprint density at radius 3 is 2.68 bits per heavy atom. The quantitative estimate of drug-likeness (QED) is 0.649. The number of hydrazine groups is 1. The van der Waals surface area contributed by atoms with Crippen LogP contribution in [0.25, 0.3) is 0 Å². The van der Waals surface area contributed by atoms with Gasteiger partial charge in [-0.1, -0.05) is 31.9 Å². The van der Waals surface area contributed by atoms with Crippen molar-refractivity contribution in [3.63, 3.8) is 0 Å². The van der Waals surface area contributed by atoms with E-state index in [-0.39, 0.29) is 5.91 Å². The van der Waals surface area contributed by atoms with Crippen LogP contribution < -0.4 is 11.3 Å². The number of hydrogen-bond acceptors (Lipinski definition) is 3. The van der Waals surface area contributed by atoms with Crippen LogP contribution >= 0.6 is 0 Å². The Hall–Kier alpha value is -1.55. The number of rotatable bonds is 3. The van der Waals surface area contributed by atoms with E-state index in [1.165, 1.54) is 19.3 Å². The molecule has 1 fully saturated rings. The van der Waals surface area contributed by atoms with Gasteiger partial charge >= 0.3 is 0 Å². The summed E-state index contributed by atoms with van der Waals surface area (Å²) in [6.45, 7) is 2.24. The third-order valence-corrected chi connectivity index (χ3v) is 4.20. The molecule has 4 nitrogen and oxygen atoms in total. The molecular formula is C15H23N3O. The van der Waals surface area contributed by atoms with Crippen molar-refractivity contribution < 1.29 is 4.79 Å². The third kappa shape index (κ3) is 2.89. The van der Waals surface area contributed by atoms with E-state index in [1.54, 1.807) is 0 Å². The second kappa shape index (κ2) is 6.06. The summed E-state index contributed by atoms with van der Waals surface area (Å²) in [6.07, 6.45) is 4.80. The lowest BCUT2D eigenvalue weighted by atomic mass is 9.85. The molecule has 1 aliphatic carbocycles. The molecule has 1 aromatic carbocycles. The largest absolute Gasteiger partial charge is 0.338 e. The van der Waals surface area contributed by atoms with Crippen LogP contribution in [0.4, 0.5) is 5.69 Å². The molecule has 0 aromatic heterocycles. The van der Waals surface area contributed by atoms with Crippen molar-refractivity contribution in [2.24, 2.45) is 11.8 Å². The minimum atomic E-state index is 0.0484. The lowest BCUT2D eigenvalue weighted by Gasteiger charge is -2.36. The number of carbonyl (C=O) groups excluding carboxylic acids is 1. The number of carbonyl (C=O) groups is 1. The molecule has 104 valence electrons. The average Bonchev–Trinajstić information content (AvgIpc) is 2.46. The molecule has 1 aliphatic rings. The predicted molar refractivity (Wildman–Crippen MR) is 77.8 cm³/mol. The summed E-state index contributed by atoms with van der Waals surface area (Å²) >= 11 is 0. The maximum atomic E-state index is 12.6. The summed E-state index contributed by atoms with van der Waals surface area (Å²) < 4.78 is 0. The number of nitrogens with one attached hydrogen (secondary N) is 1. The minimum Gasteiger partial charge on any atom is -0.338 e. The number of para-hydroxylation sites is 1. The number of nitrogens with zero attached hydrogens (tertiary/aromatic N) is 1. The van der Waals surface area contributed by atoms with Crippen LogP contribution in [-0.4, -0.2) is 23.9 Å². The first-order valence-corrected chi connectivity index (χ1v) is 6.98. The van der Waals surface area contributed by atoms with Gasteiger partial charge in [0, 0.05) is 13.1 Å². The Bertz CT molecular complexity index is 447. The number of hydrogen-bond donors (Lipinski definition) is 2. The Morgan fingerprint density at radius 2 is 2.00 bits per heavy atom. The van der Waals surface area contributed by atoms with Crippen molar-refractivity contribution in [3.05, 3.63) is 29.8 Å². The van der Waals surface area contributed by atoms with E-state index in [0.29, 0.717) is 23.2 Å². The molecule has 4 heteroatoms.